The van der Waals surface area contributed by atoms with Crippen LogP contribution in [0.4, 0.5) is 4.39 Å². The standard InChI is InChI=1S/C16H24FNO/c1-13(11-14-5-3-4-6-15(14)17)18-12-16(7-8-16)9-10-19-2/h3-6,13,18H,7-12H2,1-2H3. The number of rotatable bonds is 8. The summed E-state index contributed by atoms with van der Waals surface area (Å²) in [6.07, 6.45) is 4.45. The van der Waals surface area contributed by atoms with Gasteiger partial charge < -0.3 is 10.1 Å². The van der Waals surface area contributed by atoms with E-state index in [1.54, 1.807) is 13.2 Å². The highest BCUT2D eigenvalue weighted by molar-refractivity contribution is 5.18. The van der Waals surface area contributed by atoms with Crippen LogP contribution in [-0.2, 0) is 11.2 Å². The Kier molecular flexibility index (Phi) is 4.94. The van der Waals surface area contributed by atoms with E-state index in [2.05, 4.69) is 12.2 Å². The number of ether oxygens (including phenoxy) is 1. The lowest BCUT2D eigenvalue weighted by molar-refractivity contribution is 0.170. The first-order valence-corrected chi connectivity index (χ1v) is 7.11. The summed E-state index contributed by atoms with van der Waals surface area (Å²) in [6, 6.07) is 7.33. The molecule has 1 atom stereocenters. The van der Waals surface area contributed by atoms with E-state index in [-0.39, 0.29) is 5.82 Å². The SMILES string of the molecule is COCCC1(CNC(C)Cc2ccccc2F)CC1. The van der Waals surface area contributed by atoms with Gasteiger partial charge in [-0.3, -0.25) is 0 Å². The van der Waals surface area contributed by atoms with Crippen molar-refractivity contribution in [2.24, 2.45) is 5.41 Å². The van der Waals surface area contributed by atoms with Gasteiger partial charge in [-0.25, -0.2) is 4.39 Å². The Morgan fingerprint density at radius 1 is 1.37 bits per heavy atom. The number of nitrogens with one attached hydrogen (secondary N) is 1. The van der Waals surface area contributed by atoms with Crippen LogP contribution in [0.2, 0.25) is 0 Å². The smallest absolute Gasteiger partial charge is 0.126 e. The van der Waals surface area contributed by atoms with Crippen molar-refractivity contribution in [1.29, 1.82) is 0 Å². The van der Waals surface area contributed by atoms with Crippen molar-refractivity contribution < 1.29 is 9.13 Å². The monoisotopic (exact) mass is 265 g/mol. The first-order valence-electron chi connectivity index (χ1n) is 7.11. The van der Waals surface area contributed by atoms with Crippen molar-refractivity contribution in [3.05, 3.63) is 35.6 Å². The predicted molar refractivity (Wildman–Crippen MR) is 75.7 cm³/mol. The first kappa shape index (κ1) is 14.5. The lowest BCUT2D eigenvalue weighted by Crippen LogP contribution is -2.34. The highest BCUT2D eigenvalue weighted by Crippen LogP contribution is 2.48. The summed E-state index contributed by atoms with van der Waals surface area (Å²) in [6.45, 7) is 3.98. The van der Waals surface area contributed by atoms with Gasteiger partial charge in [-0.05, 0) is 49.7 Å². The molecule has 1 aliphatic carbocycles. The first-order chi connectivity index (χ1) is 9.15. The Hall–Kier alpha value is -0.930. The third kappa shape index (κ3) is 4.29. The maximum Gasteiger partial charge on any atom is 0.126 e. The fourth-order valence-corrected chi connectivity index (χ4v) is 2.47. The van der Waals surface area contributed by atoms with Gasteiger partial charge in [0.2, 0.25) is 0 Å². The van der Waals surface area contributed by atoms with Crippen LogP contribution in [0.3, 0.4) is 0 Å². The Labute approximate surface area is 115 Å². The molecule has 0 heterocycles. The van der Waals surface area contributed by atoms with Gasteiger partial charge in [-0.15, -0.1) is 0 Å². The molecule has 0 bridgehead atoms. The van der Waals surface area contributed by atoms with E-state index < -0.39 is 0 Å². The lowest BCUT2D eigenvalue weighted by Gasteiger charge is -2.20. The van der Waals surface area contributed by atoms with Gasteiger partial charge in [-0.1, -0.05) is 18.2 Å². The van der Waals surface area contributed by atoms with E-state index in [1.807, 2.05) is 12.1 Å². The van der Waals surface area contributed by atoms with Crippen LogP contribution in [0.5, 0.6) is 0 Å². The van der Waals surface area contributed by atoms with Crippen LogP contribution >= 0.6 is 0 Å². The maximum absolute atomic E-state index is 13.6. The summed E-state index contributed by atoms with van der Waals surface area (Å²) >= 11 is 0. The van der Waals surface area contributed by atoms with Gasteiger partial charge in [0, 0.05) is 26.3 Å². The molecule has 1 fully saturated rings. The Balaban J connectivity index is 1.76. The molecule has 0 aliphatic heterocycles. The average Bonchev–Trinajstić information content (AvgIpc) is 3.18. The molecule has 2 nitrogen and oxygen atoms in total. The summed E-state index contributed by atoms with van der Waals surface area (Å²) < 4.78 is 18.7. The van der Waals surface area contributed by atoms with Crippen molar-refractivity contribution in [3.63, 3.8) is 0 Å². The van der Waals surface area contributed by atoms with Crippen molar-refractivity contribution in [1.82, 2.24) is 5.32 Å². The van der Waals surface area contributed by atoms with Crippen LogP contribution in [-0.4, -0.2) is 26.3 Å². The van der Waals surface area contributed by atoms with Crippen molar-refractivity contribution in [2.75, 3.05) is 20.3 Å². The number of hydrogen-bond donors (Lipinski definition) is 1. The molecule has 0 saturated heterocycles. The van der Waals surface area contributed by atoms with E-state index in [1.165, 1.54) is 18.9 Å². The summed E-state index contributed by atoms with van der Waals surface area (Å²) in [4.78, 5) is 0. The molecule has 19 heavy (non-hydrogen) atoms. The second-order valence-corrected chi connectivity index (χ2v) is 5.82. The molecule has 0 spiro atoms. The third-order valence-corrected chi connectivity index (χ3v) is 4.10. The van der Waals surface area contributed by atoms with Crippen molar-refractivity contribution in [3.8, 4) is 0 Å². The predicted octanol–water partition coefficient (Wildman–Crippen LogP) is 3.16. The molecule has 1 aliphatic rings. The second kappa shape index (κ2) is 6.49. The third-order valence-electron chi connectivity index (χ3n) is 4.10. The van der Waals surface area contributed by atoms with Crippen LogP contribution < -0.4 is 5.32 Å². The largest absolute Gasteiger partial charge is 0.385 e. The molecule has 106 valence electrons. The maximum atomic E-state index is 13.6. The molecule has 1 saturated carbocycles. The molecule has 0 aromatic heterocycles. The van der Waals surface area contributed by atoms with Gasteiger partial charge in [0.25, 0.3) is 0 Å². The molecule has 1 unspecified atom stereocenters. The summed E-state index contributed by atoms with van der Waals surface area (Å²) in [5.74, 6) is -0.100. The number of hydrogen-bond acceptors (Lipinski definition) is 2. The highest BCUT2D eigenvalue weighted by atomic mass is 19.1. The minimum Gasteiger partial charge on any atom is -0.385 e. The minimum atomic E-state index is -0.100. The molecule has 1 N–H and O–H groups in total. The van der Waals surface area contributed by atoms with E-state index in [9.17, 15) is 4.39 Å². The highest BCUT2D eigenvalue weighted by Gasteiger charge is 2.41. The summed E-state index contributed by atoms with van der Waals surface area (Å²) in [5, 5.41) is 3.55. The molecule has 0 amide bonds. The van der Waals surface area contributed by atoms with E-state index in [4.69, 9.17) is 4.74 Å². The number of methoxy groups -OCH3 is 1. The zero-order valence-corrected chi connectivity index (χ0v) is 11.9. The number of benzene rings is 1. The van der Waals surface area contributed by atoms with Crippen LogP contribution in [0.1, 0.15) is 31.7 Å². The molecule has 1 aromatic rings. The van der Waals surface area contributed by atoms with Gasteiger partial charge in [0.1, 0.15) is 5.82 Å². The zero-order valence-electron chi connectivity index (χ0n) is 11.9. The quantitative estimate of drug-likeness (QED) is 0.779. The summed E-state index contributed by atoms with van der Waals surface area (Å²) in [5.41, 5.74) is 1.24. The lowest BCUT2D eigenvalue weighted by atomic mass is 10.0. The molecular weight excluding hydrogens is 241 g/mol. The average molecular weight is 265 g/mol. The van der Waals surface area contributed by atoms with Crippen LogP contribution in [0.25, 0.3) is 0 Å². The van der Waals surface area contributed by atoms with E-state index in [0.717, 1.165) is 31.6 Å². The van der Waals surface area contributed by atoms with E-state index in [0.29, 0.717) is 11.5 Å². The zero-order chi connectivity index (χ0) is 13.7. The fraction of sp³-hybridized carbons (Fsp3) is 0.625. The number of halogens is 1. The van der Waals surface area contributed by atoms with Crippen LogP contribution in [0.15, 0.2) is 24.3 Å². The molecular formula is C16H24FNO. The van der Waals surface area contributed by atoms with Gasteiger partial charge in [0.15, 0.2) is 0 Å². The van der Waals surface area contributed by atoms with Crippen molar-refractivity contribution in [2.45, 2.75) is 38.6 Å². The van der Waals surface area contributed by atoms with E-state index >= 15 is 0 Å². The van der Waals surface area contributed by atoms with Crippen LogP contribution in [0, 0.1) is 11.2 Å². The Morgan fingerprint density at radius 3 is 2.74 bits per heavy atom. The van der Waals surface area contributed by atoms with Gasteiger partial charge >= 0.3 is 0 Å². The Morgan fingerprint density at radius 2 is 2.11 bits per heavy atom. The fourth-order valence-electron chi connectivity index (χ4n) is 2.47. The molecule has 2 rings (SSSR count). The molecule has 0 radical (unpaired) electrons. The van der Waals surface area contributed by atoms with Crippen molar-refractivity contribution >= 4 is 0 Å². The Bertz CT molecular complexity index is 403. The summed E-state index contributed by atoms with van der Waals surface area (Å²) in [7, 11) is 1.75. The molecule has 1 aromatic carbocycles. The molecule has 3 heteroatoms. The second-order valence-electron chi connectivity index (χ2n) is 5.82. The van der Waals surface area contributed by atoms with Gasteiger partial charge in [0.05, 0.1) is 0 Å². The topological polar surface area (TPSA) is 21.3 Å². The normalized spacial score (nSPS) is 18.3. The van der Waals surface area contributed by atoms with Gasteiger partial charge in [-0.2, -0.15) is 0 Å². The minimum absolute atomic E-state index is 0.100.